The van der Waals surface area contributed by atoms with Gasteiger partial charge in [0.05, 0.1) is 10.2 Å². The zero-order valence-electron chi connectivity index (χ0n) is 7.98. The van der Waals surface area contributed by atoms with Gasteiger partial charge < -0.3 is 5.73 Å². The summed E-state index contributed by atoms with van der Waals surface area (Å²) in [4.78, 5) is 8.53. The number of benzene rings is 1. The van der Waals surface area contributed by atoms with Crippen molar-refractivity contribution in [1.82, 2.24) is 9.97 Å². The first-order valence-electron chi connectivity index (χ1n) is 4.50. The molecule has 0 amide bonds. The summed E-state index contributed by atoms with van der Waals surface area (Å²) in [7, 11) is 0. The highest BCUT2D eigenvalue weighted by atomic mass is 32.1. The van der Waals surface area contributed by atoms with Crippen LogP contribution in [0.15, 0.2) is 23.6 Å². The number of nitrogens with two attached hydrogens (primary N) is 1. The predicted octanol–water partition coefficient (Wildman–Crippen LogP) is 3.14. The van der Waals surface area contributed by atoms with Crippen molar-refractivity contribution >= 4 is 38.0 Å². The van der Waals surface area contributed by atoms with Crippen LogP contribution in [0, 0.1) is 5.82 Å². The van der Waals surface area contributed by atoms with Crippen molar-refractivity contribution in [1.29, 1.82) is 0 Å². The van der Waals surface area contributed by atoms with E-state index in [1.165, 1.54) is 34.8 Å². The number of nitrogen functional groups attached to an aromatic ring is 1. The van der Waals surface area contributed by atoms with E-state index in [1.807, 2.05) is 5.38 Å². The lowest BCUT2D eigenvalue weighted by Crippen LogP contribution is -1.81. The summed E-state index contributed by atoms with van der Waals surface area (Å²) in [6, 6.07) is 4.55. The Kier molecular flexibility index (Phi) is 2.12. The van der Waals surface area contributed by atoms with Gasteiger partial charge in [0.2, 0.25) is 0 Å². The van der Waals surface area contributed by atoms with Crippen LogP contribution in [0.4, 0.5) is 9.52 Å². The first-order valence-corrected chi connectivity index (χ1v) is 6.19. The van der Waals surface area contributed by atoms with Crippen LogP contribution in [-0.4, -0.2) is 9.97 Å². The van der Waals surface area contributed by atoms with Gasteiger partial charge in [-0.2, -0.15) is 0 Å². The highest BCUT2D eigenvalue weighted by Gasteiger charge is 2.09. The van der Waals surface area contributed by atoms with E-state index in [4.69, 9.17) is 5.73 Å². The van der Waals surface area contributed by atoms with Gasteiger partial charge in [-0.3, -0.25) is 0 Å². The van der Waals surface area contributed by atoms with Crippen LogP contribution in [0.2, 0.25) is 0 Å². The number of fused-ring (bicyclic) bond motifs is 1. The van der Waals surface area contributed by atoms with E-state index in [2.05, 4.69) is 9.97 Å². The first kappa shape index (κ1) is 9.68. The van der Waals surface area contributed by atoms with Crippen molar-refractivity contribution in [3.05, 3.63) is 29.4 Å². The SMILES string of the molecule is Nc1nc(-c2nc3ccc(F)cc3s2)cs1. The molecule has 2 N–H and O–H groups in total. The third-order valence-corrected chi connectivity index (χ3v) is 3.81. The third kappa shape index (κ3) is 1.56. The second-order valence-corrected chi connectivity index (χ2v) is 5.12. The smallest absolute Gasteiger partial charge is 0.180 e. The van der Waals surface area contributed by atoms with Gasteiger partial charge in [-0.1, -0.05) is 0 Å². The molecule has 0 aliphatic heterocycles. The van der Waals surface area contributed by atoms with Crippen LogP contribution >= 0.6 is 22.7 Å². The Balaban J connectivity index is 2.18. The largest absolute Gasteiger partial charge is 0.375 e. The molecular weight excluding hydrogens is 245 g/mol. The van der Waals surface area contributed by atoms with Crippen LogP contribution in [0.25, 0.3) is 20.9 Å². The highest BCUT2D eigenvalue weighted by Crippen LogP contribution is 2.31. The van der Waals surface area contributed by atoms with E-state index in [1.54, 1.807) is 6.07 Å². The van der Waals surface area contributed by atoms with E-state index in [9.17, 15) is 4.39 Å². The lowest BCUT2D eigenvalue weighted by molar-refractivity contribution is 0.630. The average Bonchev–Trinajstić information content (AvgIpc) is 2.83. The third-order valence-electron chi connectivity index (χ3n) is 2.09. The van der Waals surface area contributed by atoms with Crippen molar-refractivity contribution in [2.45, 2.75) is 0 Å². The number of hydrogen-bond donors (Lipinski definition) is 1. The molecule has 80 valence electrons. The minimum Gasteiger partial charge on any atom is -0.375 e. The van der Waals surface area contributed by atoms with Gasteiger partial charge >= 0.3 is 0 Å². The number of thiazole rings is 2. The topological polar surface area (TPSA) is 51.8 Å². The van der Waals surface area contributed by atoms with E-state index in [0.29, 0.717) is 5.13 Å². The maximum absolute atomic E-state index is 13.0. The van der Waals surface area contributed by atoms with Crippen LogP contribution in [0.5, 0.6) is 0 Å². The molecule has 0 fully saturated rings. The van der Waals surface area contributed by atoms with E-state index in [0.717, 1.165) is 20.9 Å². The zero-order valence-corrected chi connectivity index (χ0v) is 9.61. The van der Waals surface area contributed by atoms with Gasteiger partial charge in [-0.15, -0.1) is 22.7 Å². The zero-order chi connectivity index (χ0) is 11.1. The molecule has 0 saturated carbocycles. The van der Waals surface area contributed by atoms with Gasteiger partial charge in [0.25, 0.3) is 0 Å². The number of aromatic nitrogens is 2. The predicted molar refractivity (Wildman–Crippen MR) is 65.1 cm³/mol. The Hall–Kier alpha value is -1.53. The van der Waals surface area contributed by atoms with Crippen LogP contribution < -0.4 is 5.73 Å². The molecule has 0 unspecified atom stereocenters. The molecular formula is C10H6FN3S2. The second-order valence-electron chi connectivity index (χ2n) is 3.20. The normalized spacial score (nSPS) is 11.1. The van der Waals surface area contributed by atoms with Gasteiger partial charge in [0.15, 0.2) is 5.13 Å². The van der Waals surface area contributed by atoms with Crippen molar-refractivity contribution in [3.63, 3.8) is 0 Å². The molecule has 3 nitrogen and oxygen atoms in total. The van der Waals surface area contributed by atoms with E-state index in [-0.39, 0.29) is 5.82 Å². The first-order chi connectivity index (χ1) is 7.72. The lowest BCUT2D eigenvalue weighted by atomic mass is 10.3. The minimum absolute atomic E-state index is 0.250. The summed E-state index contributed by atoms with van der Waals surface area (Å²) < 4.78 is 13.8. The van der Waals surface area contributed by atoms with Gasteiger partial charge in [0.1, 0.15) is 16.5 Å². The molecule has 0 aliphatic rings. The number of anilines is 1. The molecule has 2 aromatic heterocycles. The van der Waals surface area contributed by atoms with Gasteiger partial charge in [-0.25, -0.2) is 14.4 Å². The summed E-state index contributed by atoms with van der Waals surface area (Å²) >= 11 is 2.79. The molecule has 0 spiro atoms. The monoisotopic (exact) mass is 251 g/mol. The molecule has 0 bridgehead atoms. The molecule has 2 heterocycles. The fourth-order valence-electron chi connectivity index (χ4n) is 1.39. The molecule has 0 saturated heterocycles. The number of hydrogen-bond acceptors (Lipinski definition) is 5. The quantitative estimate of drug-likeness (QED) is 0.722. The fraction of sp³-hybridized carbons (Fsp3) is 0. The Bertz CT molecular complexity index is 659. The second kappa shape index (κ2) is 3.50. The van der Waals surface area contributed by atoms with Crippen LogP contribution in [0.3, 0.4) is 0 Å². The van der Waals surface area contributed by atoms with Gasteiger partial charge in [-0.05, 0) is 18.2 Å². The minimum atomic E-state index is -0.250. The summed E-state index contributed by atoms with van der Waals surface area (Å²) in [6.45, 7) is 0. The molecule has 6 heteroatoms. The Morgan fingerprint density at radius 1 is 1.25 bits per heavy atom. The molecule has 3 aromatic rings. The molecule has 16 heavy (non-hydrogen) atoms. The van der Waals surface area contributed by atoms with E-state index >= 15 is 0 Å². The lowest BCUT2D eigenvalue weighted by Gasteiger charge is -1.85. The number of halogens is 1. The van der Waals surface area contributed by atoms with E-state index < -0.39 is 0 Å². The molecule has 3 rings (SSSR count). The summed E-state index contributed by atoms with van der Waals surface area (Å²) in [5.74, 6) is -0.250. The molecule has 0 atom stereocenters. The molecule has 1 aromatic carbocycles. The number of rotatable bonds is 1. The number of nitrogens with zero attached hydrogens (tertiary/aromatic N) is 2. The Morgan fingerprint density at radius 3 is 2.88 bits per heavy atom. The Labute approximate surface area is 98.4 Å². The highest BCUT2D eigenvalue weighted by molar-refractivity contribution is 7.22. The van der Waals surface area contributed by atoms with Crippen molar-refractivity contribution in [3.8, 4) is 10.7 Å². The van der Waals surface area contributed by atoms with Gasteiger partial charge in [0, 0.05) is 5.38 Å². The maximum atomic E-state index is 13.0. The standard InChI is InChI=1S/C10H6FN3S2/c11-5-1-2-6-8(3-5)16-9(13-6)7-4-15-10(12)14-7/h1-4H,(H2,12,14). The Morgan fingerprint density at radius 2 is 2.12 bits per heavy atom. The maximum Gasteiger partial charge on any atom is 0.180 e. The van der Waals surface area contributed by atoms with Crippen molar-refractivity contribution in [2.75, 3.05) is 5.73 Å². The van der Waals surface area contributed by atoms with Crippen molar-refractivity contribution < 1.29 is 4.39 Å². The fourth-order valence-corrected chi connectivity index (χ4v) is 2.97. The summed E-state index contributed by atoms with van der Waals surface area (Å²) in [5, 5.41) is 3.14. The van der Waals surface area contributed by atoms with Crippen LogP contribution in [-0.2, 0) is 0 Å². The van der Waals surface area contributed by atoms with Crippen LogP contribution in [0.1, 0.15) is 0 Å². The molecule has 0 radical (unpaired) electrons. The molecule has 0 aliphatic carbocycles. The average molecular weight is 251 g/mol. The summed E-state index contributed by atoms with van der Waals surface area (Å²) in [5.41, 5.74) is 7.10. The van der Waals surface area contributed by atoms with Crippen molar-refractivity contribution in [2.24, 2.45) is 0 Å². The summed E-state index contributed by atoms with van der Waals surface area (Å²) in [6.07, 6.45) is 0.